The molecule has 0 aromatic heterocycles. The Hall–Kier alpha value is -1.86. The van der Waals surface area contributed by atoms with E-state index >= 15 is 0 Å². The first-order valence-electron chi connectivity index (χ1n) is 14.6. The Kier molecular flexibility index (Phi) is 7.37. The number of rotatable bonds is 11. The summed E-state index contributed by atoms with van der Waals surface area (Å²) in [6.07, 6.45) is 14.8. The van der Waals surface area contributed by atoms with Crippen LogP contribution in [-0.2, 0) is 16.1 Å². The highest BCUT2D eigenvalue weighted by molar-refractivity contribution is 7.99. The molecule has 4 aliphatic carbocycles. The van der Waals surface area contributed by atoms with Gasteiger partial charge < -0.3 is 10.2 Å². The molecule has 6 nitrogen and oxygen atoms in total. The molecule has 6 aliphatic rings. The third-order valence-electron chi connectivity index (χ3n) is 9.79. The second-order valence-electron chi connectivity index (χ2n) is 12.5. The van der Waals surface area contributed by atoms with Crippen molar-refractivity contribution in [3.63, 3.8) is 0 Å². The zero-order valence-electron chi connectivity index (χ0n) is 21.9. The molecule has 5 fully saturated rings. The second-order valence-corrected chi connectivity index (χ2v) is 13.6. The predicted molar refractivity (Wildman–Crippen MR) is 145 cm³/mol. The van der Waals surface area contributed by atoms with Gasteiger partial charge in [-0.25, -0.2) is 0 Å². The van der Waals surface area contributed by atoms with Crippen LogP contribution in [0.3, 0.4) is 0 Å². The van der Waals surface area contributed by atoms with Gasteiger partial charge in [-0.05, 0) is 124 Å². The van der Waals surface area contributed by atoms with Gasteiger partial charge in [0.1, 0.15) is 6.04 Å². The number of amides is 3. The van der Waals surface area contributed by atoms with Crippen molar-refractivity contribution in [3.05, 3.63) is 29.3 Å². The van der Waals surface area contributed by atoms with Crippen molar-refractivity contribution in [3.8, 4) is 0 Å². The number of carbonyl (C=O) groups excluding carboxylic acids is 3. The lowest BCUT2D eigenvalue weighted by Gasteiger charge is -2.57. The maximum Gasteiger partial charge on any atom is 0.255 e. The number of nitrogens with one attached hydrogen (secondary N) is 2. The van der Waals surface area contributed by atoms with Crippen LogP contribution in [0.2, 0.25) is 0 Å². The lowest BCUT2D eigenvalue weighted by molar-refractivity contribution is -0.136. The fraction of sp³-hybridized carbons (Fsp3) is 0.700. The Bertz CT molecular complexity index is 1020. The van der Waals surface area contributed by atoms with E-state index in [1.54, 1.807) is 4.90 Å². The van der Waals surface area contributed by atoms with Crippen LogP contribution >= 0.6 is 11.8 Å². The number of hydrogen-bond acceptors (Lipinski definition) is 5. The molecule has 0 radical (unpaired) electrons. The molecule has 2 N–H and O–H groups in total. The van der Waals surface area contributed by atoms with E-state index in [2.05, 4.69) is 16.7 Å². The second kappa shape index (κ2) is 10.7. The maximum atomic E-state index is 13.0. The Morgan fingerprint density at radius 3 is 2.46 bits per heavy atom. The standard InChI is InChI=1S/C30H41N3O3S/c34-27-8-7-25(28(35)32-27)33-19-24-23(29(33)36)5-4-6-26(24)37-12-3-1-2-10-31-11-9-30-16-20-13-21(17-30)15-22(14-20)18-30/h4-6,20-22,25,31H,1-3,7-19H2,(H,32,34,35). The van der Waals surface area contributed by atoms with Crippen molar-refractivity contribution in [2.24, 2.45) is 23.2 Å². The molecule has 2 aliphatic heterocycles. The highest BCUT2D eigenvalue weighted by Crippen LogP contribution is 2.61. The van der Waals surface area contributed by atoms with Gasteiger partial charge in [0.15, 0.2) is 0 Å². The SMILES string of the molecule is O=C1CCC(N2Cc3c(SCCCCCNCCC45CC6CC(CC(C6)C4)C5)cccc3C2=O)C(=O)N1. The van der Waals surface area contributed by atoms with Crippen molar-refractivity contribution in [1.82, 2.24) is 15.5 Å². The number of piperidine rings is 1. The van der Waals surface area contributed by atoms with Gasteiger partial charge in [0.25, 0.3) is 5.91 Å². The molecule has 7 heteroatoms. The van der Waals surface area contributed by atoms with Crippen molar-refractivity contribution in [2.75, 3.05) is 18.8 Å². The molecule has 37 heavy (non-hydrogen) atoms. The smallest absolute Gasteiger partial charge is 0.255 e. The quantitative estimate of drug-likeness (QED) is 0.245. The van der Waals surface area contributed by atoms with Crippen molar-refractivity contribution in [1.29, 1.82) is 0 Å². The van der Waals surface area contributed by atoms with Crippen LogP contribution < -0.4 is 10.6 Å². The van der Waals surface area contributed by atoms with Gasteiger partial charge in [-0.15, -0.1) is 11.8 Å². The molecule has 1 atom stereocenters. The summed E-state index contributed by atoms with van der Waals surface area (Å²) in [5.41, 5.74) is 2.43. The zero-order chi connectivity index (χ0) is 25.4. The maximum absolute atomic E-state index is 13.0. The topological polar surface area (TPSA) is 78.5 Å². The number of unbranched alkanes of at least 4 members (excludes halogenated alkanes) is 2. The van der Waals surface area contributed by atoms with Crippen molar-refractivity contribution in [2.45, 2.75) is 94.5 Å². The summed E-state index contributed by atoms with van der Waals surface area (Å²) < 4.78 is 0. The summed E-state index contributed by atoms with van der Waals surface area (Å²) in [7, 11) is 0. The minimum Gasteiger partial charge on any atom is -0.322 e. The number of hydrogen-bond donors (Lipinski definition) is 2. The summed E-state index contributed by atoms with van der Waals surface area (Å²) >= 11 is 1.82. The van der Waals surface area contributed by atoms with Gasteiger partial charge in [0.05, 0.1) is 0 Å². The molecule has 7 rings (SSSR count). The molecule has 0 spiro atoms. The number of imide groups is 1. The van der Waals surface area contributed by atoms with E-state index in [0.29, 0.717) is 23.9 Å². The van der Waals surface area contributed by atoms with Crippen LogP contribution in [0.15, 0.2) is 23.1 Å². The summed E-state index contributed by atoms with van der Waals surface area (Å²) in [5.74, 6) is 3.50. The molecular weight excluding hydrogens is 482 g/mol. The Morgan fingerprint density at radius 1 is 0.973 bits per heavy atom. The molecule has 1 unspecified atom stereocenters. The number of carbonyl (C=O) groups is 3. The van der Waals surface area contributed by atoms with Crippen LogP contribution in [0, 0.1) is 23.2 Å². The molecule has 1 saturated heterocycles. The molecule has 200 valence electrons. The summed E-state index contributed by atoms with van der Waals surface area (Å²) in [5, 5.41) is 6.13. The molecule has 2 heterocycles. The Balaban J connectivity index is 0.896. The third-order valence-corrected chi connectivity index (χ3v) is 11.0. The predicted octanol–water partition coefficient (Wildman–Crippen LogP) is 4.91. The average Bonchev–Trinajstić information content (AvgIpc) is 3.19. The number of nitrogens with zero attached hydrogens (tertiary/aromatic N) is 1. The van der Waals surface area contributed by atoms with E-state index in [9.17, 15) is 14.4 Å². The fourth-order valence-corrected chi connectivity index (χ4v) is 9.57. The number of thioether (sulfide) groups is 1. The Labute approximate surface area is 225 Å². The summed E-state index contributed by atoms with van der Waals surface area (Å²) in [6, 6.07) is 5.35. The first-order valence-corrected chi connectivity index (χ1v) is 15.6. The van der Waals surface area contributed by atoms with E-state index in [1.807, 2.05) is 23.9 Å². The minimum atomic E-state index is -0.550. The lowest BCUT2D eigenvalue weighted by atomic mass is 9.49. The highest BCUT2D eigenvalue weighted by Gasteiger charge is 2.50. The molecule has 1 aromatic rings. The van der Waals surface area contributed by atoms with E-state index < -0.39 is 6.04 Å². The van der Waals surface area contributed by atoms with E-state index in [4.69, 9.17) is 0 Å². The molecule has 3 amide bonds. The first kappa shape index (κ1) is 25.4. The third kappa shape index (κ3) is 5.36. The van der Waals surface area contributed by atoms with Gasteiger partial charge in [0, 0.05) is 23.4 Å². The summed E-state index contributed by atoms with van der Waals surface area (Å²) in [4.78, 5) is 39.6. The van der Waals surface area contributed by atoms with Crippen LogP contribution in [0.4, 0.5) is 0 Å². The van der Waals surface area contributed by atoms with Gasteiger partial charge in [-0.1, -0.05) is 12.5 Å². The first-order chi connectivity index (χ1) is 18.0. The van der Waals surface area contributed by atoms with Gasteiger partial charge in [-0.2, -0.15) is 0 Å². The zero-order valence-corrected chi connectivity index (χ0v) is 22.8. The largest absolute Gasteiger partial charge is 0.322 e. The van der Waals surface area contributed by atoms with Crippen LogP contribution in [0.25, 0.3) is 0 Å². The van der Waals surface area contributed by atoms with Crippen LogP contribution in [-0.4, -0.2) is 47.5 Å². The van der Waals surface area contributed by atoms with Crippen molar-refractivity contribution < 1.29 is 14.4 Å². The number of benzene rings is 1. The lowest BCUT2D eigenvalue weighted by Crippen LogP contribution is -2.52. The highest BCUT2D eigenvalue weighted by atomic mass is 32.2. The van der Waals surface area contributed by atoms with Crippen LogP contribution in [0.5, 0.6) is 0 Å². The molecule has 4 saturated carbocycles. The fourth-order valence-electron chi connectivity index (χ4n) is 8.48. The average molecular weight is 524 g/mol. The minimum absolute atomic E-state index is 0.0911. The van der Waals surface area contributed by atoms with E-state index in [1.165, 1.54) is 64.3 Å². The van der Waals surface area contributed by atoms with Crippen molar-refractivity contribution >= 4 is 29.5 Å². The monoisotopic (exact) mass is 523 g/mol. The van der Waals surface area contributed by atoms with E-state index in [0.717, 1.165) is 46.9 Å². The summed E-state index contributed by atoms with van der Waals surface area (Å²) in [6.45, 7) is 2.76. The molecule has 4 bridgehead atoms. The molecular formula is C30H41N3O3S. The van der Waals surface area contributed by atoms with E-state index in [-0.39, 0.29) is 24.1 Å². The van der Waals surface area contributed by atoms with Gasteiger partial charge in [-0.3, -0.25) is 19.7 Å². The van der Waals surface area contributed by atoms with Gasteiger partial charge >= 0.3 is 0 Å². The normalized spacial score (nSPS) is 32.2. The molecule has 1 aromatic carbocycles. The van der Waals surface area contributed by atoms with Crippen LogP contribution in [0.1, 0.15) is 93.0 Å². The van der Waals surface area contributed by atoms with Gasteiger partial charge in [0.2, 0.25) is 11.8 Å². The number of fused-ring (bicyclic) bond motifs is 1. The Morgan fingerprint density at radius 2 is 1.73 bits per heavy atom.